The highest BCUT2D eigenvalue weighted by Crippen LogP contribution is 2.33. The zero-order valence-corrected chi connectivity index (χ0v) is 25.0. The van der Waals surface area contributed by atoms with Crippen LogP contribution in [-0.2, 0) is 4.74 Å². The Morgan fingerprint density at radius 2 is 1.93 bits per heavy atom. The quantitative estimate of drug-likeness (QED) is 0.287. The first-order chi connectivity index (χ1) is 20.7. The van der Waals surface area contributed by atoms with Crippen molar-refractivity contribution in [3.63, 3.8) is 0 Å². The number of benzene rings is 1. The molecule has 2 aliphatic heterocycles. The molecule has 2 aliphatic rings. The summed E-state index contributed by atoms with van der Waals surface area (Å²) in [5.41, 5.74) is 2.40. The Bertz CT molecular complexity index is 1640. The summed E-state index contributed by atoms with van der Waals surface area (Å²) < 4.78 is 37.3. The first-order valence-electron chi connectivity index (χ1n) is 14.8. The van der Waals surface area contributed by atoms with Crippen molar-refractivity contribution in [1.82, 2.24) is 29.3 Å². The molecule has 6 rings (SSSR count). The largest absolute Gasteiger partial charge is 0.383 e. The lowest BCUT2D eigenvalue weighted by molar-refractivity contribution is 0.0567. The number of fused-ring (bicyclic) bond motifs is 2. The molecule has 0 bridgehead atoms. The molecule has 2 saturated heterocycles. The zero-order valence-electron chi connectivity index (χ0n) is 25.0. The number of aromatic nitrogens is 4. The third kappa shape index (κ3) is 5.71. The van der Waals surface area contributed by atoms with Gasteiger partial charge in [0.1, 0.15) is 17.3 Å². The van der Waals surface area contributed by atoms with Gasteiger partial charge >= 0.3 is 0 Å². The van der Waals surface area contributed by atoms with Gasteiger partial charge in [0, 0.05) is 61.7 Å². The summed E-state index contributed by atoms with van der Waals surface area (Å²) >= 11 is 0. The Kier molecular flexibility index (Phi) is 8.11. The van der Waals surface area contributed by atoms with Gasteiger partial charge in [-0.2, -0.15) is 0 Å². The lowest BCUT2D eigenvalue weighted by atomic mass is 9.92. The van der Waals surface area contributed by atoms with Crippen molar-refractivity contribution in [3.05, 3.63) is 65.6 Å². The Morgan fingerprint density at radius 1 is 1.09 bits per heavy atom. The molecule has 5 heterocycles. The van der Waals surface area contributed by atoms with E-state index in [0.29, 0.717) is 46.4 Å². The van der Waals surface area contributed by atoms with Crippen LogP contribution in [0.15, 0.2) is 42.7 Å². The molecule has 226 valence electrons. The number of methoxy groups -OCH3 is 1. The van der Waals surface area contributed by atoms with E-state index in [2.05, 4.69) is 25.2 Å². The first kappa shape index (κ1) is 29.1. The SMILES string of the molecule is COCCN1CCC2CN(C(=O)c3ccc(Nc4ncc(F)c(-c5cc(F)c6cc(C)n(C(C)C)c6c5)n4)nc3)CCC21. The number of rotatable bonds is 8. The minimum Gasteiger partial charge on any atom is -0.383 e. The number of carbonyl (C=O) groups is 1. The number of likely N-dealkylation sites (tertiary alicyclic amines) is 2. The summed E-state index contributed by atoms with van der Waals surface area (Å²) in [6, 6.07) is 8.86. The maximum atomic E-state index is 15.1. The van der Waals surface area contributed by atoms with Crippen molar-refractivity contribution in [2.24, 2.45) is 5.92 Å². The second kappa shape index (κ2) is 12.0. The van der Waals surface area contributed by atoms with Crippen molar-refractivity contribution < 1.29 is 18.3 Å². The minimum absolute atomic E-state index is 0.0182. The van der Waals surface area contributed by atoms with Crippen molar-refractivity contribution >= 4 is 28.6 Å². The maximum Gasteiger partial charge on any atom is 0.255 e. The molecule has 0 saturated carbocycles. The van der Waals surface area contributed by atoms with Crippen LogP contribution in [0.3, 0.4) is 0 Å². The minimum atomic E-state index is -0.662. The summed E-state index contributed by atoms with van der Waals surface area (Å²) in [4.78, 5) is 30.5. The van der Waals surface area contributed by atoms with Crippen molar-refractivity contribution in [2.75, 3.05) is 45.2 Å². The van der Waals surface area contributed by atoms with E-state index in [1.54, 1.807) is 31.4 Å². The second-order valence-corrected chi connectivity index (χ2v) is 11.8. The predicted molar refractivity (Wildman–Crippen MR) is 161 cm³/mol. The van der Waals surface area contributed by atoms with E-state index in [4.69, 9.17) is 4.74 Å². The number of carbonyl (C=O) groups excluding carboxylic acids is 1. The van der Waals surface area contributed by atoms with Gasteiger partial charge < -0.3 is 19.5 Å². The standard InChI is InChI=1S/C32H37F2N7O2/c1-19(2)41-20(3)13-24-25(33)14-23(15-28(24)41)30-26(34)17-36-32(38-30)37-29-6-5-21(16-35-29)31(42)40-10-8-27-22(18-40)7-9-39(27)11-12-43-4/h5-6,13-17,19,22,27H,7-12,18H2,1-4H3,(H,35,36,37,38). The number of hydrogen-bond donors (Lipinski definition) is 1. The topological polar surface area (TPSA) is 88.4 Å². The van der Waals surface area contributed by atoms with Crippen LogP contribution >= 0.6 is 0 Å². The number of anilines is 2. The molecule has 2 fully saturated rings. The van der Waals surface area contributed by atoms with Gasteiger partial charge in [-0.1, -0.05) is 0 Å². The first-order valence-corrected chi connectivity index (χ1v) is 14.8. The van der Waals surface area contributed by atoms with Gasteiger partial charge in [-0.25, -0.2) is 23.7 Å². The summed E-state index contributed by atoms with van der Waals surface area (Å²) in [6.45, 7) is 10.1. The molecule has 4 aromatic rings. The zero-order chi connectivity index (χ0) is 30.2. The van der Waals surface area contributed by atoms with E-state index in [1.165, 1.54) is 12.3 Å². The molecular formula is C32H37F2N7O2. The van der Waals surface area contributed by atoms with E-state index in [0.717, 1.165) is 51.0 Å². The number of amides is 1. The van der Waals surface area contributed by atoms with Crippen LogP contribution in [0.2, 0.25) is 0 Å². The number of aryl methyl sites for hydroxylation is 1. The van der Waals surface area contributed by atoms with Crippen LogP contribution in [0.1, 0.15) is 48.8 Å². The second-order valence-electron chi connectivity index (χ2n) is 11.8. The Morgan fingerprint density at radius 3 is 2.67 bits per heavy atom. The highest BCUT2D eigenvalue weighted by atomic mass is 19.1. The molecule has 2 unspecified atom stereocenters. The van der Waals surface area contributed by atoms with Crippen LogP contribution in [0.25, 0.3) is 22.2 Å². The Labute approximate surface area is 249 Å². The molecule has 1 N–H and O–H groups in total. The third-order valence-electron chi connectivity index (χ3n) is 8.70. The molecule has 0 spiro atoms. The van der Waals surface area contributed by atoms with Crippen molar-refractivity contribution in [1.29, 1.82) is 0 Å². The van der Waals surface area contributed by atoms with Crippen LogP contribution in [0, 0.1) is 24.5 Å². The number of hydrogen-bond acceptors (Lipinski definition) is 7. The fourth-order valence-corrected chi connectivity index (χ4v) is 6.71. The van der Waals surface area contributed by atoms with E-state index in [9.17, 15) is 9.18 Å². The van der Waals surface area contributed by atoms with Crippen LogP contribution in [0.5, 0.6) is 0 Å². The molecule has 0 aliphatic carbocycles. The van der Waals surface area contributed by atoms with Gasteiger partial charge in [0.2, 0.25) is 5.95 Å². The maximum absolute atomic E-state index is 15.1. The van der Waals surface area contributed by atoms with Crippen LogP contribution in [-0.4, -0.2) is 81.2 Å². The van der Waals surface area contributed by atoms with Gasteiger partial charge in [0.15, 0.2) is 5.82 Å². The summed E-state index contributed by atoms with van der Waals surface area (Å²) in [7, 11) is 1.73. The fraction of sp³-hybridized carbons (Fsp3) is 0.438. The number of halogens is 2. The smallest absolute Gasteiger partial charge is 0.255 e. The van der Waals surface area contributed by atoms with E-state index < -0.39 is 11.6 Å². The monoisotopic (exact) mass is 589 g/mol. The van der Waals surface area contributed by atoms with Gasteiger partial charge in [0.25, 0.3) is 5.91 Å². The molecule has 1 amide bonds. The summed E-state index contributed by atoms with van der Waals surface area (Å²) in [5, 5.41) is 3.47. The molecule has 9 nitrogen and oxygen atoms in total. The number of piperidine rings is 1. The Hall–Kier alpha value is -3.96. The number of nitrogens with one attached hydrogen (secondary N) is 1. The molecular weight excluding hydrogens is 552 g/mol. The van der Waals surface area contributed by atoms with E-state index in [-0.39, 0.29) is 23.6 Å². The lowest BCUT2D eigenvalue weighted by Gasteiger charge is -2.38. The van der Waals surface area contributed by atoms with Gasteiger partial charge in [-0.05, 0) is 76.4 Å². The average Bonchev–Trinajstić information content (AvgIpc) is 3.56. The number of ether oxygens (including phenoxy) is 1. The molecule has 2 atom stereocenters. The van der Waals surface area contributed by atoms with Crippen molar-refractivity contribution in [2.45, 2.75) is 45.7 Å². The molecule has 3 aromatic heterocycles. The highest BCUT2D eigenvalue weighted by Gasteiger charge is 2.39. The van der Waals surface area contributed by atoms with E-state index >= 15 is 4.39 Å². The number of pyridine rings is 1. The van der Waals surface area contributed by atoms with Gasteiger partial charge in [-0.15, -0.1) is 0 Å². The van der Waals surface area contributed by atoms with Crippen LogP contribution in [0.4, 0.5) is 20.5 Å². The predicted octanol–water partition coefficient (Wildman–Crippen LogP) is 5.59. The third-order valence-corrected chi connectivity index (χ3v) is 8.70. The molecule has 1 aromatic carbocycles. The highest BCUT2D eigenvalue weighted by molar-refractivity contribution is 5.94. The number of nitrogens with zero attached hydrogens (tertiary/aromatic N) is 6. The Balaban J connectivity index is 1.16. The lowest BCUT2D eigenvalue weighted by Crippen LogP contribution is -2.48. The van der Waals surface area contributed by atoms with Gasteiger partial charge in [-0.3, -0.25) is 9.69 Å². The van der Waals surface area contributed by atoms with E-state index in [1.807, 2.05) is 30.2 Å². The van der Waals surface area contributed by atoms with Crippen LogP contribution < -0.4 is 5.32 Å². The van der Waals surface area contributed by atoms with Gasteiger partial charge in [0.05, 0.1) is 23.9 Å². The normalized spacial score (nSPS) is 18.9. The molecule has 11 heteroatoms. The average molecular weight is 590 g/mol. The fourth-order valence-electron chi connectivity index (χ4n) is 6.71. The summed E-state index contributed by atoms with van der Waals surface area (Å²) in [6.07, 6.45) is 4.63. The molecule has 43 heavy (non-hydrogen) atoms. The van der Waals surface area contributed by atoms with Crippen molar-refractivity contribution in [3.8, 4) is 11.3 Å². The molecule has 0 radical (unpaired) electrons. The summed E-state index contributed by atoms with van der Waals surface area (Å²) in [5.74, 6) is -0.146.